The van der Waals surface area contributed by atoms with Crippen LogP contribution in [0, 0.1) is 0 Å². The maximum absolute atomic E-state index is 12.3. The molecule has 6 nitrogen and oxygen atoms in total. The first-order valence-electron chi connectivity index (χ1n) is 8.25. The number of carbonyl (C=O) groups excluding carboxylic acids is 2. The summed E-state index contributed by atoms with van der Waals surface area (Å²) in [5, 5.41) is 5.87. The van der Waals surface area contributed by atoms with Gasteiger partial charge in [0.15, 0.2) is 0 Å². The van der Waals surface area contributed by atoms with Crippen molar-refractivity contribution in [3.63, 3.8) is 0 Å². The van der Waals surface area contributed by atoms with Gasteiger partial charge in [-0.15, -0.1) is 0 Å². The Bertz CT molecular complexity index is 539. The average Bonchev–Trinajstić information content (AvgIpc) is 2.55. The highest BCUT2D eigenvalue weighted by atomic mass is 16.2. The van der Waals surface area contributed by atoms with E-state index >= 15 is 0 Å². The van der Waals surface area contributed by atoms with E-state index in [1.165, 1.54) is 18.8 Å². The largest absolute Gasteiger partial charge is 0.351 e. The Balaban J connectivity index is 1.92. The van der Waals surface area contributed by atoms with Gasteiger partial charge in [-0.2, -0.15) is 0 Å². The molecule has 2 amide bonds. The van der Waals surface area contributed by atoms with Crippen LogP contribution in [-0.2, 0) is 0 Å². The van der Waals surface area contributed by atoms with Crippen LogP contribution >= 0.6 is 0 Å². The fourth-order valence-electron chi connectivity index (χ4n) is 2.70. The van der Waals surface area contributed by atoms with Gasteiger partial charge in [0.05, 0.1) is 11.1 Å². The Labute approximate surface area is 137 Å². The Hall–Kier alpha value is -1.95. The molecule has 1 aromatic heterocycles. The summed E-state index contributed by atoms with van der Waals surface area (Å²) < 4.78 is 0. The van der Waals surface area contributed by atoms with Crippen molar-refractivity contribution in [3.8, 4) is 0 Å². The Morgan fingerprint density at radius 2 is 1.78 bits per heavy atom. The van der Waals surface area contributed by atoms with Gasteiger partial charge in [-0.1, -0.05) is 19.3 Å². The van der Waals surface area contributed by atoms with E-state index in [-0.39, 0.29) is 17.9 Å². The van der Waals surface area contributed by atoms with Crippen molar-refractivity contribution in [1.29, 1.82) is 0 Å². The first-order valence-corrected chi connectivity index (χ1v) is 8.25. The summed E-state index contributed by atoms with van der Waals surface area (Å²) in [6, 6.07) is 1.85. The predicted octanol–water partition coefficient (Wildman–Crippen LogP) is 1.44. The van der Waals surface area contributed by atoms with Crippen molar-refractivity contribution in [3.05, 3.63) is 29.6 Å². The molecular formula is C17H26N4O2. The second-order valence-corrected chi connectivity index (χ2v) is 6.33. The molecule has 126 valence electrons. The minimum absolute atomic E-state index is 0.146. The van der Waals surface area contributed by atoms with E-state index in [0.29, 0.717) is 17.7 Å². The van der Waals surface area contributed by atoms with E-state index in [9.17, 15) is 9.59 Å². The molecule has 23 heavy (non-hydrogen) atoms. The van der Waals surface area contributed by atoms with Gasteiger partial charge in [0, 0.05) is 31.5 Å². The maximum Gasteiger partial charge on any atom is 0.253 e. The minimum atomic E-state index is -0.202. The van der Waals surface area contributed by atoms with Crippen LogP contribution in [0.5, 0.6) is 0 Å². The third kappa shape index (κ3) is 5.63. The Kier molecular flexibility index (Phi) is 6.52. The Morgan fingerprint density at radius 1 is 1.13 bits per heavy atom. The van der Waals surface area contributed by atoms with Crippen LogP contribution in [-0.4, -0.2) is 54.9 Å². The molecule has 0 atom stereocenters. The van der Waals surface area contributed by atoms with Crippen LogP contribution < -0.4 is 10.6 Å². The SMILES string of the molecule is CN(C)CCNC(=O)c1cncc(C(=O)NC2CCCCC2)c1. The molecule has 6 heteroatoms. The van der Waals surface area contributed by atoms with E-state index in [2.05, 4.69) is 15.6 Å². The van der Waals surface area contributed by atoms with Crippen molar-refractivity contribution in [1.82, 2.24) is 20.5 Å². The zero-order chi connectivity index (χ0) is 16.7. The molecule has 1 aliphatic carbocycles. The fraction of sp³-hybridized carbons (Fsp3) is 0.588. The number of nitrogens with zero attached hydrogens (tertiary/aromatic N) is 2. The van der Waals surface area contributed by atoms with Gasteiger partial charge in [-0.3, -0.25) is 14.6 Å². The van der Waals surface area contributed by atoms with Crippen LogP contribution in [0.2, 0.25) is 0 Å². The molecule has 1 saturated carbocycles. The maximum atomic E-state index is 12.3. The molecule has 1 fully saturated rings. The summed E-state index contributed by atoms with van der Waals surface area (Å²) in [6.45, 7) is 1.32. The molecule has 0 saturated heterocycles. The number of nitrogens with one attached hydrogen (secondary N) is 2. The van der Waals surface area contributed by atoms with E-state index in [1.54, 1.807) is 6.07 Å². The standard InChI is InChI=1S/C17H26N4O2/c1-21(2)9-8-19-16(22)13-10-14(12-18-11-13)17(23)20-15-6-4-3-5-7-15/h10-12,15H,3-9H2,1-2H3,(H,19,22)(H,20,23). The highest BCUT2D eigenvalue weighted by Gasteiger charge is 2.17. The topological polar surface area (TPSA) is 74.3 Å². The number of hydrogen-bond acceptors (Lipinski definition) is 4. The van der Waals surface area contributed by atoms with Gasteiger partial charge in [0.2, 0.25) is 0 Å². The van der Waals surface area contributed by atoms with Gasteiger partial charge >= 0.3 is 0 Å². The zero-order valence-corrected chi connectivity index (χ0v) is 14.0. The number of carbonyl (C=O) groups is 2. The number of pyridine rings is 1. The lowest BCUT2D eigenvalue weighted by atomic mass is 9.95. The lowest BCUT2D eigenvalue weighted by Gasteiger charge is -2.22. The summed E-state index contributed by atoms with van der Waals surface area (Å²) in [4.78, 5) is 30.4. The summed E-state index contributed by atoms with van der Waals surface area (Å²) in [5.74, 6) is -0.348. The third-order valence-electron chi connectivity index (χ3n) is 4.05. The summed E-state index contributed by atoms with van der Waals surface area (Å²) in [7, 11) is 3.90. The molecule has 2 N–H and O–H groups in total. The van der Waals surface area contributed by atoms with Crippen LogP contribution in [0.3, 0.4) is 0 Å². The second kappa shape index (κ2) is 8.62. The van der Waals surface area contributed by atoms with Gasteiger partial charge < -0.3 is 15.5 Å². The molecule has 0 bridgehead atoms. The van der Waals surface area contributed by atoms with Crippen LogP contribution in [0.4, 0.5) is 0 Å². The smallest absolute Gasteiger partial charge is 0.253 e. The number of likely N-dealkylation sites (N-methyl/N-ethyl adjacent to an activating group) is 1. The highest BCUT2D eigenvalue weighted by molar-refractivity contribution is 5.99. The molecule has 0 radical (unpaired) electrons. The average molecular weight is 318 g/mol. The third-order valence-corrected chi connectivity index (χ3v) is 4.05. The molecule has 1 heterocycles. The molecule has 1 aliphatic rings. The van der Waals surface area contributed by atoms with E-state index in [1.807, 2.05) is 19.0 Å². The van der Waals surface area contributed by atoms with Crippen LogP contribution in [0.15, 0.2) is 18.5 Å². The molecular weight excluding hydrogens is 292 g/mol. The van der Waals surface area contributed by atoms with Crippen molar-refractivity contribution >= 4 is 11.8 Å². The van der Waals surface area contributed by atoms with E-state index in [0.717, 1.165) is 32.2 Å². The highest BCUT2D eigenvalue weighted by Crippen LogP contribution is 2.17. The summed E-state index contributed by atoms with van der Waals surface area (Å²) in [5.41, 5.74) is 0.857. The molecule has 0 spiro atoms. The first kappa shape index (κ1) is 17.4. The Morgan fingerprint density at radius 3 is 2.43 bits per heavy atom. The minimum Gasteiger partial charge on any atom is -0.351 e. The van der Waals surface area contributed by atoms with Crippen molar-refractivity contribution in [2.24, 2.45) is 0 Å². The van der Waals surface area contributed by atoms with Crippen molar-refractivity contribution < 1.29 is 9.59 Å². The molecule has 0 unspecified atom stereocenters. The molecule has 0 aromatic carbocycles. The first-order chi connectivity index (χ1) is 11.1. The number of amides is 2. The molecule has 1 aromatic rings. The summed E-state index contributed by atoms with van der Waals surface area (Å²) >= 11 is 0. The zero-order valence-electron chi connectivity index (χ0n) is 14.0. The van der Waals surface area contributed by atoms with Gasteiger partial charge in [0.1, 0.15) is 0 Å². The lowest BCUT2D eigenvalue weighted by molar-refractivity contribution is 0.0927. The quantitative estimate of drug-likeness (QED) is 0.832. The summed E-state index contributed by atoms with van der Waals surface area (Å²) in [6.07, 6.45) is 8.64. The van der Waals surface area contributed by atoms with E-state index in [4.69, 9.17) is 0 Å². The number of aromatic nitrogens is 1. The number of rotatable bonds is 6. The van der Waals surface area contributed by atoms with Crippen molar-refractivity contribution in [2.45, 2.75) is 38.1 Å². The molecule has 0 aliphatic heterocycles. The van der Waals surface area contributed by atoms with Gasteiger partial charge in [-0.25, -0.2) is 0 Å². The van der Waals surface area contributed by atoms with Crippen LogP contribution in [0.25, 0.3) is 0 Å². The molecule has 2 rings (SSSR count). The second-order valence-electron chi connectivity index (χ2n) is 6.33. The van der Waals surface area contributed by atoms with Crippen molar-refractivity contribution in [2.75, 3.05) is 27.2 Å². The lowest BCUT2D eigenvalue weighted by Crippen LogP contribution is -2.36. The number of hydrogen-bond donors (Lipinski definition) is 2. The fourth-order valence-corrected chi connectivity index (χ4v) is 2.70. The normalized spacial score (nSPS) is 15.4. The predicted molar refractivity (Wildman–Crippen MR) is 89.5 cm³/mol. The monoisotopic (exact) mass is 318 g/mol. The van der Waals surface area contributed by atoms with E-state index < -0.39 is 0 Å². The van der Waals surface area contributed by atoms with Crippen LogP contribution in [0.1, 0.15) is 52.8 Å². The van der Waals surface area contributed by atoms with Gasteiger partial charge in [-0.05, 0) is 33.0 Å². The van der Waals surface area contributed by atoms with Gasteiger partial charge in [0.25, 0.3) is 11.8 Å².